The lowest BCUT2D eigenvalue weighted by atomic mass is 10.1. The predicted octanol–water partition coefficient (Wildman–Crippen LogP) is 4.16. The van der Waals surface area contributed by atoms with Crippen molar-refractivity contribution in [3.63, 3.8) is 0 Å². The Morgan fingerprint density at radius 3 is 2.64 bits per heavy atom. The van der Waals surface area contributed by atoms with Crippen LogP contribution in [0.5, 0.6) is 0 Å². The first-order valence-electron chi connectivity index (χ1n) is 4.13. The van der Waals surface area contributed by atoms with E-state index in [9.17, 15) is 0 Å². The third-order valence-electron chi connectivity index (χ3n) is 1.85. The van der Waals surface area contributed by atoms with Gasteiger partial charge in [-0.25, -0.2) is 0 Å². The maximum atomic E-state index is 5.89. The summed E-state index contributed by atoms with van der Waals surface area (Å²) in [5.74, 6) is 0. The van der Waals surface area contributed by atoms with Gasteiger partial charge < -0.3 is 0 Å². The van der Waals surface area contributed by atoms with E-state index in [4.69, 9.17) is 11.6 Å². The molecule has 0 fully saturated rings. The van der Waals surface area contributed by atoms with Gasteiger partial charge in [0.25, 0.3) is 0 Å². The number of rotatable bonds is 1. The zero-order valence-electron chi connectivity index (χ0n) is 7.24. The predicted molar refractivity (Wildman–Crippen MR) is 62.4 cm³/mol. The van der Waals surface area contributed by atoms with Crippen molar-refractivity contribution >= 4 is 27.5 Å². The summed E-state index contributed by atoms with van der Waals surface area (Å²) in [5, 5.41) is 0.729. The Kier molecular flexibility index (Phi) is 2.85. The highest BCUT2D eigenvalue weighted by molar-refractivity contribution is 9.10. The quantitative estimate of drug-likeness (QED) is 0.756. The summed E-state index contributed by atoms with van der Waals surface area (Å²) in [6.07, 6.45) is 1.77. The summed E-state index contributed by atoms with van der Waals surface area (Å²) in [7, 11) is 0. The van der Waals surface area contributed by atoms with Crippen LogP contribution in [0.15, 0.2) is 47.1 Å². The Hall–Kier alpha value is -0.860. The number of benzene rings is 1. The fraction of sp³-hybridized carbons (Fsp3) is 0. The van der Waals surface area contributed by atoms with E-state index in [1.54, 1.807) is 6.20 Å². The van der Waals surface area contributed by atoms with Crippen molar-refractivity contribution in [2.24, 2.45) is 0 Å². The van der Waals surface area contributed by atoms with E-state index in [0.717, 1.165) is 20.8 Å². The first kappa shape index (κ1) is 9.69. The Morgan fingerprint density at radius 2 is 2.00 bits per heavy atom. The highest BCUT2D eigenvalue weighted by atomic mass is 79.9. The molecule has 3 heteroatoms. The number of nitrogens with zero attached hydrogens (tertiary/aromatic N) is 1. The average Bonchev–Trinajstić information content (AvgIpc) is 2.19. The molecule has 0 atom stereocenters. The molecule has 0 aliphatic heterocycles. The number of aromatic nitrogens is 1. The highest BCUT2D eigenvalue weighted by Crippen LogP contribution is 2.21. The van der Waals surface area contributed by atoms with Crippen molar-refractivity contribution in [2.45, 2.75) is 0 Å². The fourth-order valence-electron chi connectivity index (χ4n) is 1.19. The van der Waals surface area contributed by atoms with Crippen LogP contribution in [-0.4, -0.2) is 4.98 Å². The summed E-state index contributed by atoms with van der Waals surface area (Å²) in [5.41, 5.74) is 1.96. The van der Waals surface area contributed by atoms with Gasteiger partial charge in [-0.05, 0) is 40.2 Å². The summed E-state index contributed by atoms with van der Waals surface area (Å²) in [6.45, 7) is 0. The SMILES string of the molecule is Clc1cccc(-c2ccc(Br)cn2)c1. The van der Waals surface area contributed by atoms with E-state index in [-0.39, 0.29) is 0 Å². The molecule has 0 spiro atoms. The Labute approximate surface area is 95.9 Å². The molecule has 1 aromatic carbocycles. The second kappa shape index (κ2) is 4.11. The van der Waals surface area contributed by atoms with E-state index in [1.165, 1.54) is 0 Å². The maximum Gasteiger partial charge on any atom is 0.0703 e. The topological polar surface area (TPSA) is 12.9 Å². The molecule has 1 heterocycles. The molecule has 0 radical (unpaired) electrons. The summed E-state index contributed by atoms with van der Waals surface area (Å²) in [6, 6.07) is 11.6. The zero-order valence-corrected chi connectivity index (χ0v) is 9.59. The van der Waals surface area contributed by atoms with Crippen LogP contribution in [-0.2, 0) is 0 Å². The standard InChI is InChI=1S/C11H7BrClN/c12-9-4-5-11(14-7-9)8-2-1-3-10(13)6-8/h1-7H. The van der Waals surface area contributed by atoms with Crippen LogP contribution in [0.3, 0.4) is 0 Å². The van der Waals surface area contributed by atoms with Crippen LogP contribution in [0.2, 0.25) is 5.02 Å². The molecule has 70 valence electrons. The van der Waals surface area contributed by atoms with Crippen molar-refractivity contribution in [3.05, 3.63) is 52.1 Å². The van der Waals surface area contributed by atoms with Crippen LogP contribution < -0.4 is 0 Å². The lowest BCUT2D eigenvalue weighted by Crippen LogP contribution is -1.81. The normalized spacial score (nSPS) is 10.1. The number of halogens is 2. The van der Waals surface area contributed by atoms with Gasteiger partial charge in [-0.2, -0.15) is 0 Å². The Bertz CT molecular complexity index is 439. The molecular formula is C11H7BrClN. The van der Waals surface area contributed by atoms with Crippen molar-refractivity contribution in [1.82, 2.24) is 4.98 Å². The summed E-state index contributed by atoms with van der Waals surface area (Å²) >= 11 is 9.23. The molecule has 0 saturated heterocycles. The van der Waals surface area contributed by atoms with E-state index in [2.05, 4.69) is 20.9 Å². The molecule has 0 aliphatic rings. The van der Waals surface area contributed by atoms with Crippen LogP contribution in [0.4, 0.5) is 0 Å². The minimum atomic E-state index is 0.729. The Morgan fingerprint density at radius 1 is 1.14 bits per heavy atom. The lowest BCUT2D eigenvalue weighted by molar-refractivity contribution is 1.31. The van der Waals surface area contributed by atoms with Crippen LogP contribution in [0.25, 0.3) is 11.3 Å². The molecular weight excluding hydrogens is 261 g/mol. The van der Waals surface area contributed by atoms with Crippen LogP contribution in [0, 0.1) is 0 Å². The van der Waals surface area contributed by atoms with Gasteiger partial charge in [0.05, 0.1) is 5.69 Å². The number of hydrogen-bond donors (Lipinski definition) is 0. The molecule has 0 unspecified atom stereocenters. The smallest absolute Gasteiger partial charge is 0.0703 e. The van der Waals surface area contributed by atoms with Gasteiger partial charge in [-0.1, -0.05) is 23.7 Å². The van der Waals surface area contributed by atoms with Crippen molar-refractivity contribution in [1.29, 1.82) is 0 Å². The molecule has 14 heavy (non-hydrogen) atoms. The fourth-order valence-corrected chi connectivity index (χ4v) is 1.62. The van der Waals surface area contributed by atoms with Gasteiger partial charge in [-0.15, -0.1) is 0 Å². The summed E-state index contributed by atoms with van der Waals surface area (Å²) in [4.78, 5) is 4.28. The Balaban J connectivity index is 2.44. The van der Waals surface area contributed by atoms with Crippen molar-refractivity contribution in [2.75, 3.05) is 0 Å². The molecule has 1 aromatic heterocycles. The lowest BCUT2D eigenvalue weighted by Gasteiger charge is -2.00. The first-order valence-corrected chi connectivity index (χ1v) is 5.30. The molecule has 0 saturated carbocycles. The van der Waals surface area contributed by atoms with Gasteiger partial charge in [-0.3, -0.25) is 4.98 Å². The van der Waals surface area contributed by atoms with Crippen LogP contribution >= 0.6 is 27.5 Å². The van der Waals surface area contributed by atoms with E-state index in [1.807, 2.05) is 36.4 Å². The number of hydrogen-bond acceptors (Lipinski definition) is 1. The molecule has 0 aliphatic carbocycles. The zero-order chi connectivity index (χ0) is 9.97. The molecule has 1 nitrogen and oxygen atoms in total. The second-order valence-corrected chi connectivity index (χ2v) is 4.22. The third-order valence-corrected chi connectivity index (χ3v) is 2.55. The monoisotopic (exact) mass is 267 g/mol. The molecule has 0 N–H and O–H groups in total. The largest absolute Gasteiger partial charge is 0.255 e. The molecule has 0 amide bonds. The minimum absolute atomic E-state index is 0.729. The maximum absolute atomic E-state index is 5.89. The van der Waals surface area contributed by atoms with Crippen molar-refractivity contribution < 1.29 is 0 Å². The van der Waals surface area contributed by atoms with E-state index >= 15 is 0 Å². The van der Waals surface area contributed by atoms with Gasteiger partial charge in [0.15, 0.2) is 0 Å². The van der Waals surface area contributed by atoms with E-state index < -0.39 is 0 Å². The van der Waals surface area contributed by atoms with Crippen LogP contribution in [0.1, 0.15) is 0 Å². The highest BCUT2D eigenvalue weighted by Gasteiger charge is 1.98. The molecule has 0 bridgehead atoms. The average molecular weight is 269 g/mol. The number of pyridine rings is 1. The second-order valence-electron chi connectivity index (χ2n) is 2.87. The first-order chi connectivity index (χ1) is 6.75. The van der Waals surface area contributed by atoms with Gasteiger partial charge in [0.2, 0.25) is 0 Å². The van der Waals surface area contributed by atoms with Gasteiger partial charge in [0, 0.05) is 21.3 Å². The van der Waals surface area contributed by atoms with Gasteiger partial charge in [0.1, 0.15) is 0 Å². The van der Waals surface area contributed by atoms with Crippen molar-refractivity contribution in [3.8, 4) is 11.3 Å². The summed E-state index contributed by atoms with van der Waals surface area (Å²) < 4.78 is 0.975. The third kappa shape index (κ3) is 2.14. The molecule has 2 rings (SSSR count). The van der Waals surface area contributed by atoms with Gasteiger partial charge >= 0.3 is 0 Å². The molecule has 2 aromatic rings. The minimum Gasteiger partial charge on any atom is -0.255 e. The van der Waals surface area contributed by atoms with E-state index in [0.29, 0.717) is 0 Å².